The highest BCUT2D eigenvalue weighted by atomic mass is 35.5. The van der Waals surface area contributed by atoms with Crippen molar-refractivity contribution >= 4 is 23.2 Å². The van der Waals surface area contributed by atoms with Gasteiger partial charge in [0.25, 0.3) is 0 Å². The zero-order chi connectivity index (χ0) is 19.3. The second-order valence-electron chi connectivity index (χ2n) is 8.04. The van der Waals surface area contributed by atoms with Crippen LogP contribution in [-0.2, 0) is 11.3 Å². The van der Waals surface area contributed by atoms with Gasteiger partial charge in [-0.25, -0.2) is 0 Å². The van der Waals surface area contributed by atoms with Gasteiger partial charge in [0, 0.05) is 29.1 Å². The van der Waals surface area contributed by atoms with Gasteiger partial charge in [-0.05, 0) is 50.7 Å². The summed E-state index contributed by atoms with van der Waals surface area (Å²) in [5.41, 5.74) is 2.36. The Kier molecular flexibility index (Phi) is 4.74. The molecule has 7 heteroatoms. The van der Waals surface area contributed by atoms with Crippen LogP contribution in [0.2, 0.25) is 10.0 Å². The number of fused-ring (bicyclic) bond motifs is 2. The molecule has 2 aliphatic heterocycles. The van der Waals surface area contributed by atoms with E-state index in [2.05, 4.69) is 11.3 Å². The summed E-state index contributed by atoms with van der Waals surface area (Å²) >= 11 is 12.8. The van der Waals surface area contributed by atoms with Crippen molar-refractivity contribution in [1.82, 2.24) is 10.1 Å². The van der Waals surface area contributed by atoms with Gasteiger partial charge in [-0.3, -0.25) is 0 Å². The Hall–Kier alpha value is -1.74. The van der Waals surface area contributed by atoms with E-state index < -0.39 is 0 Å². The van der Waals surface area contributed by atoms with E-state index in [-0.39, 0.29) is 6.10 Å². The average Bonchev–Trinajstić information content (AvgIpc) is 3.39. The van der Waals surface area contributed by atoms with Gasteiger partial charge >= 0.3 is 0 Å². The maximum absolute atomic E-state index is 9.35. The van der Waals surface area contributed by atoms with Crippen molar-refractivity contribution in [3.8, 4) is 17.5 Å². The topological polar surface area (TPSA) is 62.3 Å². The molecule has 1 aromatic carbocycles. The number of hydrogen-bond donors (Lipinski definition) is 0. The summed E-state index contributed by atoms with van der Waals surface area (Å²) in [4.78, 5) is 1.96. The summed E-state index contributed by atoms with van der Waals surface area (Å²) in [6, 6.07) is 6.08. The lowest BCUT2D eigenvalue weighted by molar-refractivity contribution is -0.0143. The lowest BCUT2D eigenvalue weighted by Gasteiger charge is -2.35. The number of benzene rings is 1. The molecule has 0 amide bonds. The summed E-state index contributed by atoms with van der Waals surface area (Å²) < 4.78 is 12.1. The third-order valence-corrected chi connectivity index (χ3v) is 6.86. The highest BCUT2D eigenvalue weighted by molar-refractivity contribution is 6.39. The standard InChI is InChI=1S/C21H21Cl2N3O2/c22-17-2-1-3-18(23)19(17)20-16(21(28-25-20)12-4-5-12)10-27-15-8-13-6-7-14(9-15)26(13)11-24/h1-3,12-15H,4-10H2/t13-,14+,15+. The fourth-order valence-corrected chi connectivity index (χ4v) is 5.25. The Morgan fingerprint density at radius 2 is 1.82 bits per heavy atom. The highest BCUT2D eigenvalue weighted by Crippen LogP contribution is 2.46. The number of hydrogen-bond acceptors (Lipinski definition) is 5. The van der Waals surface area contributed by atoms with Crippen molar-refractivity contribution in [2.24, 2.45) is 0 Å². The Bertz CT molecular complexity index is 900. The lowest BCUT2D eigenvalue weighted by atomic mass is 10.00. The van der Waals surface area contributed by atoms with Crippen LogP contribution in [0.1, 0.15) is 55.8 Å². The van der Waals surface area contributed by atoms with Gasteiger partial charge in [0.1, 0.15) is 11.5 Å². The molecule has 2 bridgehead atoms. The van der Waals surface area contributed by atoms with Crippen LogP contribution in [0.25, 0.3) is 11.3 Å². The Labute approximate surface area is 174 Å². The van der Waals surface area contributed by atoms with Gasteiger partial charge in [0.05, 0.1) is 22.8 Å². The first-order valence-electron chi connectivity index (χ1n) is 9.88. The van der Waals surface area contributed by atoms with E-state index in [1.54, 1.807) is 0 Å². The van der Waals surface area contributed by atoms with Crippen molar-refractivity contribution in [3.05, 3.63) is 39.6 Å². The van der Waals surface area contributed by atoms with Crippen molar-refractivity contribution in [1.29, 1.82) is 5.26 Å². The predicted molar refractivity (Wildman–Crippen MR) is 106 cm³/mol. The number of piperidine rings is 1. The summed E-state index contributed by atoms with van der Waals surface area (Å²) in [6.07, 6.45) is 8.70. The molecule has 3 fully saturated rings. The molecule has 2 aromatic rings. The van der Waals surface area contributed by atoms with Gasteiger partial charge in [-0.1, -0.05) is 34.4 Å². The van der Waals surface area contributed by atoms with Gasteiger partial charge in [-0.15, -0.1) is 0 Å². The zero-order valence-electron chi connectivity index (χ0n) is 15.4. The molecule has 0 N–H and O–H groups in total. The number of nitriles is 1. The molecule has 2 saturated heterocycles. The fraction of sp³-hybridized carbons (Fsp3) is 0.524. The van der Waals surface area contributed by atoms with E-state index >= 15 is 0 Å². The van der Waals surface area contributed by atoms with E-state index in [4.69, 9.17) is 32.5 Å². The third-order valence-electron chi connectivity index (χ3n) is 6.23. The normalized spacial score (nSPS) is 26.5. The molecule has 3 atom stereocenters. The number of halogens is 2. The monoisotopic (exact) mass is 417 g/mol. The molecule has 5 rings (SSSR count). The number of rotatable bonds is 5. The second-order valence-corrected chi connectivity index (χ2v) is 8.86. The quantitative estimate of drug-likeness (QED) is 0.599. The molecule has 0 unspecified atom stereocenters. The van der Waals surface area contributed by atoms with E-state index in [1.807, 2.05) is 23.1 Å². The van der Waals surface area contributed by atoms with Gasteiger partial charge in [0.15, 0.2) is 6.19 Å². The van der Waals surface area contributed by atoms with E-state index in [0.717, 1.165) is 49.8 Å². The van der Waals surface area contributed by atoms with Gasteiger partial charge < -0.3 is 14.2 Å². The minimum absolute atomic E-state index is 0.152. The molecule has 1 aliphatic carbocycles. The summed E-state index contributed by atoms with van der Waals surface area (Å²) in [7, 11) is 0. The van der Waals surface area contributed by atoms with Crippen LogP contribution in [-0.4, -0.2) is 28.2 Å². The molecule has 146 valence electrons. The van der Waals surface area contributed by atoms with Crippen LogP contribution in [0.4, 0.5) is 0 Å². The smallest absolute Gasteiger partial charge is 0.179 e. The maximum Gasteiger partial charge on any atom is 0.179 e. The van der Waals surface area contributed by atoms with Crippen LogP contribution in [0.15, 0.2) is 22.7 Å². The summed E-state index contributed by atoms with van der Waals surface area (Å²) in [5.74, 6) is 1.32. The SMILES string of the molecule is N#CN1[C@@H]2CC[C@H]1C[C@@H](OCc1c(-c3c(Cl)cccc3Cl)noc1C1CC1)C2. The molecule has 0 radical (unpaired) electrons. The molecule has 28 heavy (non-hydrogen) atoms. The molecule has 0 spiro atoms. The van der Waals surface area contributed by atoms with Crippen LogP contribution in [0.5, 0.6) is 0 Å². The second kappa shape index (κ2) is 7.26. The van der Waals surface area contributed by atoms with Crippen molar-refractivity contribution in [3.63, 3.8) is 0 Å². The first-order chi connectivity index (χ1) is 13.7. The molecular formula is C21H21Cl2N3O2. The molecule has 5 nitrogen and oxygen atoms in total. The Balaban J connectivity index is 1.39. The van der Waals surface area contributed by atoms with E-state index in [0.29, 0.717) is 45.9 Å². The molecule has 3 aliphatic rings. The summed E-state index contributed by atoms with van der Waals surface area (Å²) in [5, 5.41) is 14.8. The number of nitrogens with zero attached hydrogens (tertiary/aromatic N) is 3. The van der Waals surface area contributed by atoms with Crippen molar-refractivity contribution in [2.45, 2.75) is 69.2 Å². The third kappa shape index (κ3) is 3.18. The lowest BCUT2D eigenvalue weighted by Crippen LogP contribution is -2.42. The molecule has 3 heterocycles. The number of ether oxygens (including phenoxy) is 1. The van der Waals surface area contributed by atoms with Crippen LogP contribution >= 0.6 is 23.2 Å². The first-order valence-corrected chi connectivity index (χ1v) is 10.6. The number of aromatic nitrogens is 1. The molecular weight excluding hydrogens is 397 g/mol. The minimum atomic E-state index is 0.152. The maximum atomic E-state index is 9.35. The van der Waals surface area contributed by atoms with Crippen LogP contribution in [0, 0.1) is 11.5 Å². The van der Waals surface area contributed by atoms with Gasteiger partial charge in [0.2, 0.25) is 0 Å². The van der Waals surface area contributed by atoms with Crippen LogP contribution < -0.4 is 0 Å². The van der Waals surface area contributed by atoms with E-state index in [9.17, 15) is 5.26 Å². The first kappa shape index (κ1) is 18.3. The van der Waals surface area contributed by atoms with Crippen molar-refractivity contribution < 1.29 is 9.26 Å². The zero-order valence-corrected chi connectivity index (χ0v) is 16.9. The van der Waals surface area contributed by atoms with Crippen molar-refractivity contribution in [2.75, 3.05) is 0 Å². The predicted octanol–water partition coefficient (Wildman–Crippen LogP) is 5.52. The highest BCUT2D eigenvalue weighted by Gasteiger charge is 2.41. The Morgan fingerprint density at radius 1 is 1.14 bits per heavy atom. The Morgan fingerprint density at radius 3 is 2.43 bits per heavy atom. The summed E-state index contributed by atoms with van der Waals surface area (Å²) in [6.45, 7) is 0.433. The van der Waals surface area contributed by atoms with Gasteiger partial charge in [-0.2, -0.15) is 5.26 Å². The van der Waals surface area contributed by atoms with Crippen LogP contribution in [0.3, 0.4) is 0 Å². The average molecular weight is 418 g/mol. The largest absolute Gasteiger partial charge is 0.373 e. The molecule has 1 saturated carbocycles. The minimum Gasteiger partial charge on any atom is -0.373 e. The fourth-order valence-electron chi connectivity index (χ4n) is 4.68. The molecule has 1 aromatic heterocycles. The van der Waals surface area contributed by atoms with E-state index in [1.165, 1.54) is 0 Å².